The second-order valence-electron chi connectivity index (χ2n) is 8.60. The van der Waals surface area contributed by atoms with Crippen LogP contribution < -0.4 is 5.06 Å². The van der Waals surface area contributed by atoms with Gasteiger partial charge in [0.25, 0.3) is 0 Å². The Morgan fingerprint density at radius 3 is 2.34 bits per heavy atom. The number of fused-ring (bicyclic) bond motifs is 6. The maximum absolute atomic E-state index is 6.44. The monoisotopic (exact) mass is 395 g/mol. The average molecular weight is 395 g/mol. The molecular weight excluding hydrogens is 370 g/mol. The largest absolute Gasteiger partial charge is 0.370 e. The second-order valence-corrected chi connectivity index (χ2v) is 8.60. The van der Waals surface area contributed by atoms with Crippen LogP contribution >= 0.6 is 0 Å². The zero-order chi connectivity index (χ0) is 19.6. The molecule has 2 aromatic rings. The lowest BCUT2D eigenvalue weighted by atomic mass is 9.84. The van der Waals surface area contributed by atoms with Gasteiger partial charge in [0.05, 0.1) is 18.3 Å². The van der Waals surface area contributed by atoms with Gasteiger partial charge in [-0.1, -0.05) is 48.5 Å². The predicted octanol–water partition coefficient (Wildman–Crippen LogP) is 3.23. The zero-order valence-electron chi connectivity index (χ0n) is 16.5. The SMILES string of the molecule is CC1(C)O[C@H]2O[C@H]3[C@H](OC[C@@H]4ON(c5ccccc5)[C@H]3C4c3ccccc3)[C@H]2O1. The van der Waals surface area contributed by atoms with E-state index in [0.29, 0.717) is 6.61 Å². The van der Waals surface area contributed by atoms with E-state index in [4.69, 9.17) is 23.8 Å². The summed E-state index contributed by atoms with van der Waals surface area (Å²) in [4.78, 5) is 6.44. The zero-order valence-corrected chi connectivity index (χ0v) is 16.5. The lowest BCUT2D eigenvalue weighted by Crippen LogP contribution is -2.49. The smallest absolute Gasteiger partial charge is 0.190 e. The van der Waals surface area contributed by atoms with Gasteiger partial charge >= 0.3 is 0 Å². The Labute approximate surface area is 170 Å². The van der Waals surface area contributed by atoms with E-state index in [-0.39, 0.29) is 36.4 Å². The van der Waals surface area contributed by atoms with Crippen LogP contribution in [0.5, 0.6) is 0 Å². The number of nitrogens with zero attached hydrogens (tertiary/aromatic N) is 1. The third-order valence-corrected chi connectivity index (χ3v) is 6.30. The van der Waals surface area contributed by atoms with E-state index in [1.807, 2.05) is 43.2 Å². The van der Waals surface area contributed by atoms with Crippen LogP contribution in [0.2, 0.25) is 0 Å². The van der Waals surface area contributed by atoms with Crippen LogP contribution in [0.3, 0.4) is 0 Å². The molecule has 0 saturated carbocycles. The molecule has 1 unspecified atom stereocenters. The molecule has 0 aromatic heterocycles. The van der Waals surface area contributed by atoms with E-state index >= 15 is 0 Å². The summed E-state index contributed by atoms with van der Waals surface area (Å²) in [5, 5.41) is 2.02. The molecule has 0 N–H and O–H groups in total. The van der Waals surface area contributed by atoms with Crippen LogP contribution in [-0.2, 0) is 23.8 Å². The quantitative estimate of drug-likeness (QED) is 0.778. The number of benzene rings is 2. The fourth-order valence-electron chi connectivity index (χ4n) is 5.19. The second kappa shape index (κ2) is 6.52. The molecular formula is C23H25NO5. The number of rotatable bonds is 2. The molecule has 6 heteroatoms. The Morgan fingerprint density at radius 2 is 1.59 bits per heavy atom. The van der Waals surface area contributed by atoms with Crippen molar-refractivity contribution in [1.82, 2.24) is 0 Å². The number of para-hydroxylation sites is 1. The first kappa shape index (κ1) is 17.9. The highest BCUT2D eigenvalue weighted by Gasteiger charge is 2.63. The van der Waals surface area contributed by atoms with Gasteiger partial charge in [-0.3, -0.25) is 4.84 Å². The summed E-state index contributed by atoms with van der Waals surface area (Å²) in [6.45, 7) is 4.31. The van der Waals surface area contributed by atoms with E-state index in [9.17, 15) is 0 Å². The standard InChI is InChI=1S/C23H25NO5/c1-23(2)27-21-20-19(26-22(21)28-23)18-17(14-9-5-3-6-10-14)16(13-25-20)29-24(18)15-11-7-4-8-12-15/h3-12,16-22H,13H2,1-2H3/t16-,17?,18-,19+,20-,21+,22+/m0/s1. The Kier molecular flexibility index (Phi) is 4.02. The summed E-state index contributed by atoms with van der Waals surface area (Å²) >= 11 is 0. The van der Waals surface area contributed by atoms with E-state index in [2.05, 4.69) is 36.4 Å². The summed E-state index contributed by atoms with van der Waals surface area (Å²) in [5.41, 5.74) is 2.25. The van der Waals surface area contributed by atoms with Crippen LogP contribution in [0.15, 0.2) is 60.7 Å². The maximum Gasteiger partial charge on any atom is 0.190 e. The minimum atomic E-state index is -0.663. The third-order valence-electron chi connectivity index (χ3n) is 6.30. The summed E-state index contributed by atoms with van der Waals surface area (Å²) in [6.07, 6.45) is -1.17. The first-order chi connectivity index (χ1) is 14.1. The highest BCUT2D eigenvalue weighted by molar-refractivity contribution is 5.48. The number of hydroxylamine groups is 1. The normalized spacial score (nSPS) is 39.8. The van der Waals surface area contributed by atoms with Crippen molar-refractivity contribution in [1.29, 1.82) is 0 Å². The van der Waals surface area contributed by atoms with Crippen molar-refractivity contribution in [2.24, 2.45) is 0 Å². The van der Waals surface area contributed by atoms with Crippen molar-refractivity contribution in [3.05, 3.63) is 66.2 Å². The van der Waals surface area contributed by atoms with E-state index in [1.54, 1.807) is 0 Å². The van der Waals surface area contributed by atoms with E-state index in [1.165, 1.54) is 5.56 Å². The minimum Gasteiger partial charge on any atom is -0.370 e. The molecule has 7 atom stereocenters. The van der Waals surface area contributed by atoms with Crippen LogP contribution in [0.4, 0.5) is 5.69 Å². The van der Waals surface area contributed by atoms with Crippen molar-refractivity contribution in [2.75, 3.05) is 11.7 Å². The van der Waals surface area contributed by atoms with Gasteiger partial charge in [0.15, 0.2) is 12.1 Å². The van der Waals surface area contributed by atoms with Gasteiger partial charge in [0.2, 0.25) is 0 Å². The van der Waals surface area contributed by atoms with E-state index < -0.39 is 12.1 Å². The molecule has 0 spiro atoms. The molecule has 2 bridgehead atoms. The van der Waals surface area contributed by atoms with Gasteiger partial charge < -0.3 is 18.9 Å². The third kappa shape index (κ3) is 2.82. The molecule has 29 heavy (non-hydrogen) atoms. The summed E-state index contributed by atoms with van der Waals surface area (Å²) < 4.78 is 24.9. The molecule has 0 amide bonds. The highest BCUT2D eigenvalue weighted by Crippen LogP contribution is 2.49. The van der Waals surface area contributed by atoms with Gasteiger partial charge in [0, 0.05) is 5.92 Å². The first-order valence-corrected chi connectivity index (χ1v) is 10.3. The summed E-state index contributed by atoms with van der Waals surface area (Å²) in [7, 11) is 0. The summed E-state index contributed by atoms with van der Waals surface area (Å²) in [5.74, 6) is -0.540. The predicted molar refractivity (Wildman–Crippen MR) is 105 cm³/mol. The van der Waals surface area contributed by atoms with Gasteiger partial charge in [0.1, 0.15) is 24.4 Å². The minimum absolute atomic E-state index is 0.0433. The van der Waals surface area contributed by atoms with Crippen LogP contribution in [0.25, 0.3) is 0 Å². The maximum atomic E-state index is 6.44. The molecule has 4 aliphatic heterocycles. The van der Waals surface area contributed by atoms with Crippen molar-refractivity contribution in [3.8, 4) is 0 Å². The number of hydrogen-bond acceptors (Lipinski definition) is 6. The Balaban J connectivity index is 1.42. The molecule has 4 aliphatic rings. The van der Waals surface area contributed by atoms with Gasteiger partial charge in [-0.15, -0.1) is 0 Å². The molecule has 6 nitrogen and oxygen atoms in total. The topological polar surface area (TPSA) is 49.4 Å². The molecule has 0 aliphatic carbocycles. The molecule has 4 heterocycles. The van der Waals surface area contributed by atoms with Crippen LogP contribution in [0, 0.1) is 0 Å². The van der Waals surface area contributed by atoms with Crippen molar-refractivity contribution >= 4 is 5.69 Å². The number of anilines is 1. The number of hydrogen-bond donors (Lipinski definition) is 0. The molecule has 4 fully saturated rings. The Morgan fingerprint density at radius 1 is 0.862 bits per heavy atom. The fourth-order valence-corrected chi connectivity index (χ4v) is 5.19. The molecule has 0 radical (unpaired) electrons. The van der Waals surface area contributed by atoms with Gasteiger partial charge in [-0.05, 0) is 31.5 Å². The van der Waals surface area contributed by atoms with Crippen LogP contribution in [0.1, 0.15) is 25.3 Å². The van der Waals surface area contributed by atoms with Gasteiger partial charge in [-0.25, -0.2) is 5.06 Å². The fraction of sp³-hybridized carbons (Fsp3) is 0.478. The van der Waals surface area contributed by atoms with Gasteiger partial charge in [-0.2, -0.15) is 0 Å². The Bertz CT molecular complexity index is 875. The van der Waals surface area contributed by atoms with Crippen molar-refractivity contribution < 1.29 is 23.8 Å². The molecule has 152 valence electrons. The first-order valence-electron chi connectivity index (χ1n) is 10.3. The average Bonchev–Trinajstić information content (AvgIpc) is 3.30. The Hall–Kier alpha value is -1.96. The molecule has 4 saturated heterocycles. The lowest BCUT2D eigenvalue weighted by molar-refractivity contribution is -0.222. The highest BCUT2D eigenvalue weighted by atomic mass is 16.8. The molecule has 2 aromatic carbocycles. The van der Waals surface area contributed by atoms with E-state index in [0.717, 1.165) is 5.69 Å². The molecule has 6 rings (SSSR count). The van der Waals surface area contributed by atoms with Crippen molar-refractivity contribution in [3.63, 3.8) is 0 Å². The summed E-state index contributed by atoms with van der Waals surface area (Å²) in [6, 6.07) is 20.7. The lowest BCUT2D eigenvalue weighted by Gasteiger charge is -2.35. The van der Waals surface area contributed by atoms with Crippen LogP contribution in [-0.4, -0.2) is 49.1 Å². The number of ether oxygens (including phenoxy) is 4. The van der Waals surface area contributed by atoms with Crippen molar-refractivity contribution in [2.45, 2.75) is 62.3 Å².